The molecule has 1 rings (SSSR count). The molecule has 5 heteroatoms. The first-order valence-corrected chi connectivity index (χ1v) is 7.45. The summed E-state index contributed by atoms with van der Waals surface area (Å²) in [7, 11) is 3.36. The lowest BCUT2D eigenvalue weighted by atomic mass is 10.1. The van der Waals surface area contributed by atoms with Gasteiger partial charge in [0.15, 0.2) is 5.78 Å². The van der Waals surface area contributed by atoms with Gasteiger partial charge in [-0.3, -0.25) is 9.69 Å². The van der Waals surface area contributed by atoms with Gasteiger partial charge in [-0.25, -0.2) is 0 Å². The molecule has 0 aromatic heterocycles. The van der Waals surface area contributed by atoms with E-state index in [1.807, 2.05) is 24.3 Å². The van der Waals surface area contributed by atoms with Gasteiger partial charge >= 0.3 is 0 Å². The fraction of sp³-hybridized carbons (Fsp3) is 0.533. The maximum absolute atomic E-state index is 12.2. The molecule has 0 saturated carbocycles. The largest absolute Gasteiger partial charge is 0.385 e. The Kier molecular flexibility index (Phi) is 8.69. The highest BCUT2D eigenvalue weighted by atomic mass is 79.9. The van der Waals surface area contributed by atoms with Crippen LogP contribution in [0.1, 0.15) is 16.8 Å². The number of nitrogens with zero attached hydrogens (tertiary/aromatic N) is 1. The molecule has 0 heterocycles. The van der Waals surface area contributed by atoms with Crippen LogP contribution in [0.25, 0.3) is 0 Å². The van der Waals surface area contributed by atoms with Crippen LogP contribution in [0.15, 0.2) is 28.7 Å². The van der Waals surface area contributed by atoms with E-state index in [2.05, 4.69) is 20.8 Å². The van der Waals surface area contributed by atoms with Crippen LogP contribution in [0.4, 0.5) is 0 Å². The number of benzene rings is 1. The van der Waals surface area contributed by atoms with Gasteiger partial charge in [0.25, 0.3) is 0 Å². The Bertz CT molecular complexity index is 395. The quantitative estimate of drug-likeness (QED) is 0.483. The summed E-state index contributed by atoms with van der Waals surface area (Å²) in [6.45, 7) is 3.33. The number of rotatable bonds is 10. The van der Waals surface area contributed by atoms with Crippen molar-refractivity contribution in [2.24, 2.45) is 0 Å². The molecule has 0 amide bonds. The van der Waals surface area contributed by atoms with Crippen molar-refractivity contribution in [2.75, 3.05) is 47.1 Å². The normalized spacial score (nSPS) is 11.0. The molecule has 0 spiro atoms. The summed E-state index contributed by atoms with van der Waals surface area (Å²) in [5.74, 6) is 0.131. The van der Waals surface area contributed by atoms with Crippen molar-refractivity contribution in [3.05, 3.63) is 34.3 Å². The van der Waals surface area contributed by atoms with Crippen molar-refractivity contribution >= 4 is 21.7 Å². The van der Waals surface area contributed by atoms with Crippen LogP contribution in [-0.2, 0) is 9.47 Å². The van der Waals surface area contributed by atoms with Gasteiger partial charge in [-0.1, -0.05) is 28.1 Å². The maximum atomic E-state index is 12.2. The number of hydrogen-bond acceptors (Lipinski definition) is 4. The van der Waals surface area contributed by atoms with E-state index in [0.29, 0.717) is 19.8 Å². The summed E-state index contributed by atoms with van der Waals surface area (Å²) in [6, 6.07) is 7.46. The Balaban J connectivity index is 2.53. The molecule has 112 valence electrons. The summed E-state index contributed by atoms with van der Waals surface area (Å²) >= 11 is 3.37. The Morgan fingerprint density at radius 1 is 1.10 bits per heavy atom. The van der Waals surface area contributed by atoms with Crippen LogP contribution in [0.2, 0.25) is 0 Å². The number of ether oxygens (including phenoxy) is 2. The van der Waals surface area contributed by atoms with Crippen molar-refractivity contribution < 1.29 is 14.3 Å². The minimum Gasteiger partial charge on any atom is -0.385 e. The Morgan fingerprint density at radius 2 is 1.75 bits per heavy atom. The summed E-state index contributed by atoms with van der Waals surface area (Å²) in [5, 5.41) is 0. The van der Waals surface area contributed by atoms with E-state index in [-0.39, 0.29) is 5.78 Å². The van der Waals surface area contributed by atoms with E-state index in [4.69, 9.17) is 9.47 Å². The lowest BCUT2D eigenvalue weighted by Gasteiger charge is -2.21. The van der Waals surface area contributed by atoms with Crippen molar-refractivity contribution in [3.63, 3.8) is 0 Å². The lowest BCUT2D eigenvalue weighted by molar-refractivity contribution is 0.0878. The third-order valence-electron chi connectivity index (χ3n) is 2.97. The van der Waals surface area contributed by atoms with Crippen molar-refractivity contribution in [3.8, 4) is 0 Å². The van der Waals surface area contributed by atoms with Crippen LogP contribution < -0.4 is 0 Å². The van der Waals surface area contributed by atoms with Crippen molar-refractivity contribution in [2.45, 2.75) is 6.42 Å². The summed E-state index contributed by atoms with van der Waals surface area (Å²) in [6.07, 6.45) is 0.911. The second-order valence-corrected chi connectivity index (χ2v) is 5.46. The molecule has 0 aliphatic carbocycles. The molecule has 0 bridgehead atoms. The van der Waals surface area contributed by atoms with Crippen molar-refractivity contribution in [1.29, 1.82) is 0 Å². The van der Waals surface area contributed by atoms with Gasteiger partial charge < -0.3 is 9.47 Å². The first-order valence-electron chi connectivity index (χ1n) is 6.66. The molecule has 0 radical (unpaired) electrons. The third-order valence-corrected chi connectivity index (χ3v) is 3.50. The van der Waals surface area contributed by atoms with Gasteiger partial charge in [0.1, 0.15) is 0 Å². The number of hydrogen-bond donors (Lipinski definition) is 0. The SMILES string of the molecule is COCCCN(CCOC)CC(=O)c1ccc(Br)cc1. The molecule has 0 N–H and O–H groups in total. The molecular weight excluding hydrogens is 322 g/mol. The van der Waals surface area contributed by atoms with E-state index in [9.17, 15) is 4.79 Å². The molecule has 4 nitrogen and oxygen atoms in total. The molecule has 0 fully saturated rings. The maximum Gasteiger partial charge on any atom is 0.176 e. The number of Topliss-reactive ketones (excluding diaryl/α,β-unsaturated/α-hetero) is 1. The Morgan fingerprint density at radius 3 is 2.35 bits per heavy atom. The third kappa shape index (κ3) is 6.61. The molecule has 0 unspecified atom stereocenters. The van der Waals surface area contributed by atoms with Gasteiger partial charge in [-0.15, -0.1) is 0 Å². The summed E-state index contributed by atoms with van der Waals surface area (Å²) in [4.78, 5) is 14.3. The fourth-order valence-corrected chi connectivity index (χ4v) is 2.12. The van der Waals surface area contributed by atoms with Gasteiger partial charge in [-0.2, -0.15) is 0 Å². The lowest BCUT2D eigenvalue weighted by Crippen LogP contribution is -2.34. The molecular formula is C15H22BrNO3. The summed E-state index contributed by atoms with van der Waals surface area (Å²) < 4.78 is 11.1. The van der Waals surface area contributed by atoms with E-state index in [0.717, 1.165) is 29.5 Å². The number of halogens is 1. The highest BCUT2D eigenvalue weighted by molar-refractivity contribution is 9.10. The average molecular weight is 344 g/mol. The highest BCUT2D eigenvalue weighted by Gasteiger charge is 2.12. The smallest absolute Gasteiger partial charge is 0.176 e. The fourth-order valence-electron chi connectivity index (χ4n) is 1.85. The van der Waals surface area contributed by atoms with Crippen LogP contribution in [0.3, 0.4) is 0 Å². The topological polar surface area (TPSA) is 38.8 Å². The molecule has 0 atom stereocenters. The standard InChI is InChI=1S/C15H22BrNO3/c1-19-10-3-8-17(9-11-20-2)12-15(18)13-4-6-14(16)7-5-13/h4-7H,3,8-12H2,1-2H3. The first kappa shape index (κ1) is 17.3. The predicted molar refractivity (Wildman–Crippen MR) is 83.3 cm³/mol. The Hall–Kier alpha value is -0.750. The van der Waals surface area contributed by atoms with E-state index in [1.54, 1.807) is 14.2 Å². The molecule has 20 heavy (non-hydrogen) atoms. The van der Waals surface area contributed by atoms with E-state index >= 15 is 0 Å². The van der Waals surface area contributed by atoms with Crippen LogP contribution in [0, 0.1) is 0 Å². The van der Waals surface area contributed by atoms with E-state index < -0.39 is 0 Å². The zero-order valence-corrected chi connectivity index (χ0v) is 13.7. The minimum atomic E-state index is 0.131. The number of carbonyl (C=O) groups is 1. The zero-order chi connectivity index (χ0) is 14.8. The summed E-state index contributed by atoms with van der Waals surface area (Å²) in [5.41, 5.74) is 0.738. The monoisotopic (exact) mass is 343 g/mol. The molecule has 1 aromatic rings. The Labute approximate surface area is 129 Å². The van der Waals surface area contributed by atoms with Gasteiger partial charge in [-0.05, 0) is 18.6 Å². The predicted octanol–water partition coefficient (Wildman–Crippen LogP) is 2.62. The average Bonchev–Trinajstić information content (AvgIpc) is 2.45. The van der Waals surface area contributed by atoms with Crippen LogP contribution >= 0.6 is 15.9 Å². The molecule has 0 aliphatic rings. The molecule has 1 aromatic carbocycles. The van der Waals surface area contributed by atoms with Crippen LogP contribution in [0.5, 0.6) is 0 Å². The second kappa shape index (κ2) is 10.0. The first-order chi connectivity index (χ1) is 9.67. The van der Waals surface area contributed by atoms with Crippen LogP contribution in [-0.4, -0.2) is 57.8 Å². The second-order valence-electron chi connectivity index (χ2n) is 4.55. The minimum absolute atomic E-state index is 0.131. The van der Waals surface area contributed by atoms with Gasteiger partial charge in [0.2, 0.25) is 0 Å². The van der Waals surface area contributed by atoms with Crippen molar-refractivity contribution in [1.82, 2.24) is 4.90 Å². The molecule has 0 aliphatic heterocycles. The number of ketones is 1. The number of carbonyl (C=O) groups excluding carboxylic acids is 1. The number of methoxy groups -OCH3 is 2. The highest BCUT2D eigenvalue weighted by Crippen LogP contribution is 2.11. The van der Waals surface area contributed by atoms with E-state index in [1.165, 1.54) is 0 Å². The zero-order valence-electron chi connectivity index (χ0n) is 12.1. The molecule has 0 saturated heterocycles. The van der Waals surface area contributed by atoms with Gasteiger partial charge in [0.05, 0.1) is 13.2 Å². The van der Waals surface area contributed by atoms with Gasteiger partial charge in [0, 0.05) is 44.0 Å².